The van der Waals surface area contributed by atoms with Gasteiger partial charge in [-0.05, 0) is 40.0 Å². The average molecular weight is 243 g/mol. The van der Waals surface area contributed by atoms with Gasteiger partial charge in [0.05, 0.1) is 12.7 Å². The predicted molar refractivity (Wildman–Crippen MR) is 66.9 cm³/mol. The number of nitrogens with one attached hydrogen (secondary N) is 1. The van der Waals surface area contributed by atoms with Crippen LogP contribution in [0.3, 0.4) is 0 Å². The molecule has 2 atom stereocenters. The third-order valence-electron chi connectivity index (χ3n) is 3.27. The smallest absolute Gasteiger partial charge is 0.326 e. The fourth-order valence-corrected chi connectivity index (χ4v) is 2.62. The first-order valence-corrected chi connectivity index (χ1v) is 6.51. The van der Waals surface area contributed by atoms with Crippen molar-refractivity contribution in [2.45, 2.75) is 64.1 Å². The van der Waals surface area contributed by atoms with Gasteiger partial charge in [0.25, 0.3) is 0 Å². The van der Waals surface area contributed by atoms with E-state index in [1.807, 2.05) is 6.92 Å². The van der Waals surface area contributed by atoms with Crippen LogP contribution in [0, 0.1) is 0 Å². The van der Waals surface area contributed by atoms with E-state index in [-0.39, 0.29) is 18.1 Å². The second kappa shape index (κ2) is 6.36. The Morgan fingerprint density at radius 1 is 1.53 bits per heavy atom. The van der Waals surface area contributed by atoms with Gasteiger partial charge in [-0.1, -0.05) is 0 Å². The normalized spacial score (nSPS) is 29.4. The van der Waals surface area contributed by atoms with E-state index in [2.05, 4.69) is 19.2 Å². The van der Waals surface area contributed by atoms with Crippen LogP contribution in [0.2, 0.25) is 0 Å². The summed E-state index contributed by atoms with van der Waals surface area (Å²) in [4.78, 5) is 12.2. The molecule has 100 valence electrons. The standard InChI is InChI=1S/C13H25NO3/c1-5-17-12(15)13(14-10(2)3)8-6-7-11(9-13)16-4/h10-11,14H,5-9H2,1-4H3. The molecule has 2 unspecified atom stereocenters. The Bertz CT molecular complexity index is 255. The number of rotatable bonds is 5. The minimum absolute atomic E-state index is 0.129. The maximum atomic E-state index is 12.2. The highest BCUT2D eigenvalue weighted by molar-refractivity contribution is 5.81. The van der Waals surface area contributed by atoms with Crippen molar-refractivity contribution in [1.29, 1.82) is 0 Å². The highest BCUT2D eigenvalue weighted by Gasteiger charge is 2.44. The Morgan fingerprint density at radius 3 is 2.76 bits per heavy atom. The summed E-state index contributed by atoms with van der Waals surface area (Å²) in [6.07, 6.45) is 3.72. The van der Waals surface area contributed by atoms with Crippen LogP contribution < -0.4 is 5.32 Å². The van der Waals surface area contributed by atoms with Crippen molar-refractivity contribution >= 4 is 5.97 Å². The highest BCUT2D eigenvalue weighted by Crippen LogP contribution is 2.31. The summed E-state index contributed by atoms with van der Waals surface area (Å²) in [5.41, 5.74) is -0.552. The molecule has 0 aromatic carbocycles. The fraction of sp³-hybridized carbons (Fsp3) is 0.923. The molecule has 1 aliphatic rings. The lowest BCUT2D eigenvalue weighted by atomic mass is 9.79. The molecule has 0 aromatic heterocycles. The zero-order valence-electron chi connectivity index (χ0n) is 11.4. The minimum Gasteiger partial charge on any atom is -0.465 e. The highest BCUT2D eigenvalue weighted by atomic mass is 16.5. The lowest BCUT2D eigenvalue weighted by Gasteiger charge is -2.40. The van der Waals surface area contributed by atoms with Crippen molar-refractivity contribution in [3.8, 4) is 0 Å². The number of hydrogen-bond acceptors (Lipinski definition) is 4. The average Bonchev–Trinajstić information content (AvgIpc) is 2.28. The number of methoxy groups -OCH3 is 1. The van der Waals surface area contributed by atoms with Crippen LogP contribution in [0.5, 0.6) is 0 Å². The number of hydrogen-bond donors (Lipinski definition) is 1. The molecular weight excluding hydrogens is 218 g/mol. The summed E-state index contributed by atoms with van der Waals surface area (Å²) in [5, 5.41) is 3.39. The van der Waals surface area contributed by atoms with Crippen molar-refractivity contribution in [2.24, 2.45) is 0 Å². The predicted octanol–water partition coefficient (Wildman–Crippen LogP) is 1.88. The van der Waals surface area contributed by atoms with Crippen molar-refractivity contribution in [2.75, 3.05) is 13.7 Å². The number of carbonyl (C=O) groups is 1. The summed E-state index contributed by atoms with van der Waals surface area (Å²) in [5.74, 6) is -0.129. The van der Waals surface area contributed by atoms with Crippen molar-refractivity contribution in [1.82, 2.24) is 5.32 Å². The third-order valence-corrected chi connectivity index (χ3v) is 3.27. The summed E-state index contributed by atoms with van der Waals surface area (Å²) in [6, 6.07) is 0.259. The van der Waals surface area contributed by atoms with Crippen LogP contribution in [0.25, 0.3) is 0 Å². The maximum absolute atomic E-state index is 12.2. The Hall–Kier alpha value is -0.610. The van der Waals surface area contributed by atoms with E-state index >= 15 is 0 Å². The maximum Gasteiger partial charge on any atom is 0.326 e. The van der Waals surface area contributed by atoms with Gasteiger partial charge in [0, 0.05) is 19.6 Å². The van der Waals surface area contributed by atoms with Gasteiger partial charge in [0.15, 0.2) is 0 Å². The summed E-state index contributed by atoms with van der Waals surface area (Å²) < 4.78 is 10.6. The second-order valence-corrected chi connectivity index (χ2v) is 5.06. The molecule has 0 radical (unpaired) electrons. The summed E-state index contributed by atoms with van der Waals surface area (Å²) in [7, 11) is 1.71. The van der Waals surface area contributed by atoms with Crippen LogP contribution in [0.4, 0.5) is 0 Å². The van der Waals surface area contributed by atoms with Gasteiger partial charge in [0.2, 0.25) is 0 Å². The van der Waals surface area contributed by atoms with Gasteiger partial charge in [-0.2, -0.15) is 0 Å². The third kappa shape index (κ3) is 3.68. The Kier molecular flexibility index (Phi) is 5.40. The molecule has 0 spiro atoms. The molecule has 1 N–H and O–H groups in total. The molecule has 4 heteroatoms. The molecule has 1 rings (SSSR count). The van der Waals surface area contributed by atoms with Crippen molar-refractivity contribution in [3.05, 3.63) is 0 Å². The molecule has 0 aliphatic heterocycles. The van der Waals surface area contributed by atoms with Gasteiger partial charge < -0.3 is 9.47 Å². The van der Waals surface area contributed by atoms with Gasteiger partial charge in [-0.25, -0.2) is 0 Å². The Labute approximate surface area is 104 Å². The van der Waals surface area contributed by atoms with E-state index in [9.17, 15) is 4.79 Å². The fourth-order valence-electron chi connectivity index (χ4n) is 2.62. The Morgan fingerprint density at radius 2 is 2.24 bits per heavy atom. The quantitative estimate of drug-likeness (QED) is 0.749. The molecule has 0 amide bonds. The van der Waals surface area contributed by atoms with E-state index in [1.54, 1.807) is 7.11 Å². The molecule has 17 heavy (non-hydrogen) atoms. The van der Waals surface area contributed by atoms with Crippen LogP contribution in [0.1, 0.15) is 46.5 Å². The molecule has 1 aliphatic carbocycles. The summed E-state index contributed by atoms with van der Waals surface area (Å²) >= 11 is 0. The first kappa shape index (κ1) is 14.5. The van der Waals surface area contributed by atoms with Crippen molar-refractivity contribution < 1.29 is 14.3 Å². The van der Waals surface area contributed by atoms with E-state index < -0.39 is 5.54 Å². The lowest BCUT2D eigenvalue weighted by molar-refractivity contribution is -0.155. The van der Waals surface area contributed by atoms with Gasteiger partial charge in [-0.3, -0.25) is 10.1 Å². The summed E-state index contributed by atoms with van der Waals surface area (Å²) in [6.45, 7) is 6.38. The lowest BCUT2D eigenvalue weighted by Crippen LogP contribution is -2.58. The molecule has 0 saturated heterocycles. The van der Waals surface area contributed by atoms with Crippen LogP contribution in [0.15, 0.2) is 0 Å². The monoisotopic (exact) mass is 243 g/mol. The van der Waals surface area contributed by atoms with Gasteiger partial charge in [0.1, 0.15) is 5.54 Å². The first-order valence-electron chi connectivity index (χ1n) is 6.51. The number of ether oxygens (including phenoxy) is 2. The molecule has 1 fully saturated rings. The van der Waals surface area contributed by atoms with Gasteiger partial charge >= 0.3 is 5.97 Å². The minimum atomic E-state index is -0.552. The molecule has 4 nitrogen and oxygen atoms in total. The zero-order valence-corrected chi connectivity index (χ0v) is 11.4. The molecule has 0 heterocycles. The molecule has 0 aromatic rings. The van der Waals surface area contributed by atoms with Crippen LogP contribution in [-0.4, -0.2) is 37.4 Å². The largest absolute Gasteiger partial charge is 0.465 e. The Balaban J connectivity index is 2.80. The van der Waals surface area contributed by atoms with Crippen molar-refractivity contribution in [3.63, 3.8) is 0 Å². The van der Waals surface area contributed by atoms with E-state index in [0.29, 0.717) is 13.0 Å². The second-order valence-electron chi connectivity index (χ2n) is 5.06. The molecule has 0 bridgehead atoms. The molecular formula is C13H25NO3. The van der Waals surface area contributed by atoms with E-state index in [4.69, 9.17) is 9.47 Å². The first-order chi connectivity index (χ1) is 8.04. The number of esters is 1. The molecule has 1 saturated carbocycles. The van der Waals surface area contributed by atoms with E-state index in [0.717, 1.165) is 19.3 Å². The topological polar surface area (TPSA) is 47.6 Å². The van der Waals surface area contributed by atoms with Gasteiger partial charge in [-0.15, -0.1) is 0 Å². The number of carbonyl (C=O) groups excluding carboxylic acids is 1. The zero-order chi connectivity index (χ0) is 12.9. The van der Waals surface area contributed by atoms with Crippen LogP contribution >= 0.6 is 0 Å². The van der Waals surface area contributed by atoms with Crippen LogP contribution in [-0.2, 0) is 14.3 Å². The van der Waals surface area contributed by atoms with E-state index in [1.165, 1.54) is 0 Å². The SMILES string of the molecule is CCOC(=O)C1(NC(C)C)CCCC(OC)C1.